The van der Waals surface area contributed by atoms with Crippen LogP contribution >= 0.6 is 0 Å². The van der Waals surface area contributed by atoms with Gasteiger partial charge in [0, 0.05) is 0 Å². The lowest BCUT2D eigenvalue weighted by atomic mass is 9.96. The van der Waals surface area contributed by atoms with Crippen molar-refractivity contribution in [2.24, 2.45) is 11.8 Å². The van der Waals surface area contributed by atoms with Crippen molar-refractivity contribution in [3.63, 3.8) is 0 Å². The number of rotatable bonds is 8. The van der Waals surface area contributed by atoms with E-state index in [2.05, 4.69) is 6.58 Å². The highest BCUT2D eigenvalue weighted by molar-refractivity contribution is 5.74. The summed E-state index contributed by atoms with van der Waals surface area (Å²) in [5.74, 6) is -4.27. The van der Waals surface area contributed by atoms with Crippen molar-refractivity contribution < 1.29 is 24.2 Å². The van der Waals surface area contributed by atoms with Gasteiger partial charge in [-0.3, -0.25) is 9.59 Å². The molecule has 0 bridgehead atoms. The van der Waals surface area contributed by atoms with Gasteiger partial charge >= 0.3 is 11.9 Å². The van der Waals surface area contributed by atoms with Crippen LogP contribution in [-0.2, 0) is 16.0 Å². The lowest BCUT2D eigenvalue weighted by Gasteiger charge is -2.09. The first kappa shape index (κ1) is 16.6. The second-order valence-corrected chi connectivity index (χ2v) is 4.63. The zero-order valence-corrected chi connectivity index (χ0v) is 11.4. The predicted molar refractivity (Wildman–Crippen MR) is 76.3 cm³/mol. The zero-order valence-electron chi connectivity index (χ0n) is 11.4. The molecule has 0 saturated heterocycles. The fraction of sp³-hybridized carbons (Fsp3) is 0.250. The largest absolute Gasteiger partial charge is 0.481 e. The first-order valence-corrected chi connectivity index (χ1v) is 6.43. The Bertz CT molecular complexity index is 551. The minimum Gasteiger partial charge on any atom is -0.481 e. The smallest absolute Gasteiger partial charge is 0.310 e. The Labute approximate surface area is 122 Å². The summed E-state index contributed by atoms with van der Waals surface area (Å²) < 4.78 is 13.1. The molecular formula is C16H17FO4. The van der Waals surface area contributed by atoms with Gasteiger partial charge in [0.15, 0.2) is 0 Å². The number of hydrogen-bond acceptors (Lipinski definition) is 2. The van der Waals surface area contributed by atoms with Gasteiger partial charge in [-0.2, -0.15) is 0 Å². The fourth-order valence-electron chi connectivity index (χ4n) is 1.87. The van der Waals surface area contributed by atoms with Crippen molar-refractivity contribution in [2.45, 2.75) is 12.8 Å². The normalized spacial score (nSPS) is 13.8. The summed E-state index contributed by atoms with van der Waals surface area (Å²) in [6.45, 7) is 3.47. The molecule has 0 aliphatic carbocycles. The summed E-state index contributed by atoms with van der Waals surface area (Å²) in [5.41, 5.74) is 0.544. The van der Waals surface area contributed by atoms with Crippen LogP contribution in [0.4, 0.5) is 4.39 Å². The topological polar surface area (TPSA) is 74.6 Å². The molecular weight excluding hydrogens is 275 g/mol. The Hall–Kier alpha value is -2.43. The number of aliphatic carboxylic acids is 2. The Balaban J connectivity index is 2.84. The number of carbonyl (C=O) groups is 2. The minimum absolute atomic E-state index is 0.101. The molecule has 1 aromatic carbocycles. The molecule has 4 nitrogen and oxygen atoms in total. The van der Waals surface area contributed by atoms with Crippen molar-refractivity contribution >= 4 is 11.9 Å². The third kappa shape index (κ3) is 5.60. The fourth-order valence-corrected chi connectivity index (χ4v) is 1.87. The Morgan fingerprint density at radius 1 is 1.19 bits per heavy atom. The van der Waals surface area contributed by atoms with Crippen molar-refractivity contribution in [1.29, 1.82) is 0 Å². The van der Waals surface area contributed by atoms with E-state index in [-0.39, 0.29) is 12.8 Å². The van der Waals surface area contributed by atoms with Crippen LogP contribution in [0.15, 0.2) is 49.1 Å². The first-order valence-electron chi connectivity index (χ1n) is 6.43. The quantitative estimate of drug-likeness (QED) is 0.722. The molecule has 21 heavy (non-hydrogen) atoms. The highest BCUT2D eigenvalue weighted by atomic mass is 19.1. The molecule has 0 aliphatic rings. The van der Waals surface area contributed by atoms with Gasteiger partial charge in [0.1, 0.15) is 5.82 Å². The SMILES string of the molecule is C=CCC(C=CC(Cc1cccc(F)c1)C(=O)O)C(=O)O. The highest BCUT2D eigenvalue weighted by Crippen LogP contribution is 2.15. The molecule has 1 aromatic rings. The molecule has 5 heteroatoms. The number of carboxylic acid groups (broad SMARTS) is 2. The third-order valence-corrected chi connectivity index (χ3v) is 2.98. The molecule has 0 amide bonds. The maximum absolute atomic E-state index is 13.1. The van der Waals surface area contributed by atoms with Crippen molar-refractivity contribution in [2.75, 3.05) is 0 Å². The monoisotopic (exact) mass is 292 g/mol. The zero-order chi connectivity index (χ0) is 15.8. The molecule has 0 radical (unpaired) electrons. The van der Waals surface area contributed by atoms with E-state index in [1.165, 1.54) is 36.4 Å². The van der Waals surface area contributed by atoms with Gasteiger partial charge in [-0.05, 0) is 30.5 Å². The molecule has 2 N–H and O–H groups in total. The van der Waals surface area contributed by atoms with E-state index in [4.69, 9.17) is 5.11 Å². The van der Waals surface area contributed by atoms with E-state index >= 15 is 0 Å². The van der Waals surface area contributed by atoms with E-state index in [1.807, 2.05) is 0 Å². The van der Waals surface area contributed by atoms with Crippen LogP contribution < -0.4 is 0 Å². The summed E-state index contributed by atoms with van der Waals surface area (Å²) >= 11 is 0. The molecule has 0 aliphatic heterocycles. The number of allylic oxidation sites excluding steroid dienone is 1. The lowest BCUT2D eigenvalue weighted by Crippen LogP contribution is -2.16. The molecule has 2 unspecified atom stereocenters. The maximum atomic E-state index is 13.1. The van der Waals surface area contributed by atoms with Gasteiger partial charge in [0.2, 0.25) is 0 Å². The number of hydrogen-bond donors (Lipinski definition) is 2. The molecule has 0 aromatic heterocycles. The molecule has 0 spiro atoms. The summed E-state index contributed by atoms with van der Waals surface area (Å²) in [4.78, 5) is 22.2. The molecule has 112 valence electrons. The third-order valence-electron chi connectivity index (χ3n) is 2.98. The molecule has 2 atom stereocenters. The average molecular weight is 292 g/mol. The van der Waals surface area contributed by atoms with Gasteiger partial charge in [-0.15, -0.1) is 6.58 Å². The number of carboxylic acids is 2. The van der Waals surface area contributed by atoms with Crippen LogP contribution in [0.3, 0.4) is 0 Å². The Morgan fingerprint density at radius 2 is 1.81 bits per heavy atom. The molecule has 0 heterocycles. The van der Waals surface area contributed by atoms with Gasteiger partial charge < -0.3 is 10.2 Å². The van der Waals surface area contributed by atoms with Crippen molar-refractivity contribution in [3.8, 4) is 0 Å². The van der Waals surface area contributed by atoms with Gasteiger partial charge in [-0.25, -0.2) is 4.39 Å². The minimum atomic E-state index is -1.08. The number of halogens is 1. The Kier molecular flexibility index (Phi) is 6.33. The standard InChI is InChI=1S/C16H17FO4/c1-2-4-12(15(18)19)7-8-13(16(20)21)9-11-5-3-6-14(17)10-11/h2-3,5-8,10,12-13H,1,4,9H2,(H,18,19)(H,20,21). The van der Waals surface area contributed by atoms with E-state index in [9.17, 15) is 19.1 Å². The van der Waals surface area contributed by atoms with E-state index in [0.29, 0.717) is 5.56 Å². The van der Waals surface area contributed by atoms with Gasteiger partial charge in [-0.1, -0.05) is 30.4 Å². The van der Waals surface area contributed by atoms with E-state index in [0.717, 1.165) is 0 Å². The van der Waals surface area contributed by atoms with Gasteiger partial charge in [0.25, 0.3) is 0 Å². The molecule has 0 saturated carbocycles. The number of benzene rings is 1. The second-order valence-electron chi connectivity index (χ2n) is 4.63. The molecule has 1 rings (SSSR count). The maximum Gasteiger partial charge on any atom is 0.310 e. The Morgan fingerprint density at radius 3 is 2.33 bits per heavy atom. The second kappa shape index (κ2) is 7.99. The van der Waals surface area contributed by atoms with Crippen LogP contribution in [0.5, 0.6) is 0 Å². The molecule has 0 fully saturated rings. The van der Waals surface area contributed by atoms with Crippen LogP contribution in [-0.4, -0.2) is 22.2 Å². The van der Waals surface area contributed by atoms with Crippen LogP contribution in [0.25, 0.3) is 0 Å². The highest BCUT2D eigenvalue weighted by Gasteiger charge is 2.18. The van der Waals surface area contributed by atoms with E-state index < -0.39 is 29.6 Å². The first-order chi connectivity index (χ1) is 9.93. The van der Waals surface area contributed by atoms with Crippen LogP contribution in [0, 0.1) is 17.7 Å². The van der Waals surface area contributed by atoms with Crippen LogP contribution in [0.1, 0.15) is 12.0 Å². The average Bonchev–Trinajstić information content (AvgIpc) is 2.41. The summed E-state index contributed by atoms with van der Waals surface area (Å²) in [6.07, 6.45) is 4.48. The van der Waals surface area contributed by atoms with E-state index in [1.54, 1.807) is 6.07 Å². The van der Waals surface area contributed by atoms with Crippen molar-refractivity contribution in [3.05, 3.63) is 60.5 Å². The summed E-state index contributed by atoms with van der Waals surface area (Å²) in [6, 6.07) is 5.68. The summed E-state index contributed by atoms with van der Waals surface area (Å²) in [5, 5.41) is 18.2. The van der Waals surface area contributed by atoms with Crippen molar-refractivity contribution in [1.82, 2.24) is 0 Å². The predicted octanol–water partition coefficient (Wildman–Crippen LogP) is 2.90. The van der Waals surface area contributed by atoms with Crippen LogP contribution in [0.2, 0.25) is 0 Å². The lowest BCUT2D eigenvalue weighted by molar-refractivity contribution is -0.141. The summed E-state index contributed by atoms with van der Waals surface area (Å²) in [7, 11) is 0. The van der Waals surface area contributed by atoms with Gasteiger partial charge in [0.05, 0.1) is 11.8 Å².